The second-order valence-electron chi connectivity index (χ2n) is 6.24. The topological polar surface area (TPSA) is 67.9 Å². The first-order chi connectivity index (χ1) is 11.7. The largest absolute Gasteiger partial charge is 0.334 e. The Labute approximate surface area is 140 Å². The molecule has 0 saturated heterocycles. The standard InChI is InChI=1S/C18H19N5O/c1-12-4-3-5-14(8-12)18-21-17(22-24-18)11-23-7-6-15-9-19-13(2)20-16(15)10-23/h3-5,8-9H,6-7,10-11H2,1-2H3. The number of aromatic nitrogens is 4. The molecule has 1 aliphatic heterocycles. The third-order valence-corrected chi connectivity index (χ3v) is 4.24. The molecule has 1 aromatic carbocycles. The molecule has 24 heavy (non-hydrogen) atoms. The lowest BCUT2D eigenvalue weighted by Gasteiger charge is -2.26. The Morgan fingerprint density at radius 2 is 2.12 bits per heavy atom. The minimum atomic E-state index is 0.573. The van der Waals surface area contributed by atoms with Crippen LogP contribution in [0.15, 0.2) is 35.0 Å². The van der Waals surface area contributed by atoms with E-state index in [1.54, 1.807) is 0 Å². The molecule has 0 radical (unpaired) electrons. The van der Waals surface area contributed by atoms with Gasteiger partial charge in [-0.3, -0.25) is 4.90 Å². The van der Waals surface area contributed by atoms with Crippen LogP contribution in [0.2, 0.25) is 0 Å². The van der Waals surface area contributed by atoms with E-state index in [0.717, 1.165) is 36.6 Å². The van der Waals surface area contributed by atoms with Gasteiger partial charge in [0.1, 0.15) is 5.82 Å². The minimum Gasteiger partial charge on any atom is -0.334 e. The smallest absolute Gasteiger partial charge is 0.257 e. The summed E-state index contributed by atoms with van der Waals surface area (Å²) in [6.07, 6.45) is 2.90. The molecule has 0 amide bonds. The molecule has 2 aromatic heterocycles. The van der Waals surface area contributed by atoms with E-state index in [2.05, 4.69) is 38.0 Å². The Morgan fingerprint density at radius 1 is 1.21 bits per heavy atom. The molecule has 6 nitrogen and oxygen atoms in total. The summed E-state index contributed by atoms with van der Waals surface area (Å²) in [7, 11) is 0. The first kappa shape index (κ1) is 15.0. The number of nitrogens with zero attached hydrogens (tertiary/aromatic N) is 5. The molecule has 4 rings (SSSR count). The van der Waals surface area contributed by atoms with Crippen LogP contribution in [-0.4, -0.2) is 31.6 Å². The predicted molar refractivity (Wildman–Crippen MR) is 89.1 cm³/mol. The zero-order chi connectivity index (χ0) is 16.5. The first-order valence-corrected chi connectivity index (χ1v) is 8.11. The molecule has 6 heteroatoms. The summed E-state index contributed by atoms with van der Waals surface area (Å²) in [6.45, 7) is 6.39. The Hall–Kier alpha value is -2.60. The normalized spacial score (nSPS) is 14.6. The molecule has 0 spiro atoms. The van der Waals surface area contributed by atoms with E-state index in [4.69, 9.17) is 4.52 Å². The van der Waals surface area contributed by atoms with Gasteiger partial charge in [0.2, 0.25) is 0 Å². The minimum absolute atomic E-state index is 0.573. The average Bonchev–Trinajstić information content (AvgIpc) is 3.03. The predicted octanol–water partition coefficient (Wildman–Crippen LogP) is 2.70. The van der Waals surface area contributed by atoms with Gasteiger partial charge in [0.15, 0.2) is 5.82 Å². The maximum Gasteiger partial charge on any atom is 0.257 e. The third-order valence-electron chi connectivity index (χ3n) is 4.24. The van der Waals surface area contributed by atoms with Crippen molar-refractivity contribution in [1.82, 2.24) is 25.0 Å². The molecule has 0 atom stereocenters. The van der Waals surface area contributed by atoms with Crippen LogP contribution in [0, 0.1) is 13.8 Å². The van der Waals surface area contributed by atoms with E-state index >= 15 is 0 Å². The van der Waals surface area contributed by atoms with Crippen LogP contribution in [0.5, 0.6) is 0 Å². The van der Waals surface area contributed by atoms with E-state index in [0.29, 0.717) is 18.3 Å². The fraction of sp³-hybridized carbons (Fsp3) is 0.333. The van der Waals surface area contributed by atoms with Gasteiger partial charge >= 0.3 is 0 Å². The zero-order valence-corrected chi connectivity index (χ0v) is 13.9. The molecule has 3 aromatic rings. The van der Waals surface area contributed by atoms with Crippen molar-refractivity contribution in [3.63, 3.8) is 0 Å². The van der Waals surface area contributed by atoms with E-state index in [1.165, 1.54) is 11.1 Å². The van der Waals surface area contributed by atoms with Crippen molar-refractivity contribution in [2.75, 3.05) is 6.54 Å². The van der Waals surface area contributed by atoms with Gasteiger partial charge in [0.25, 0.3) is 5.89 Å². The van der Waals surface area contributed by atoms with E-state index in [-0.39, 0.29) is 0 Å². The Bertz CT molecular complexity index is 873. The highest BCUT2D eigenvalue weighted by molar-refractivity contribution is 5.53. The highest BCUT2D eigenvalue weighted by Crippen LogP contribution is 2.21. The highest BCUT2D eigenvalue weighted by atomic mass is 16.5. The summed E-state index contributed by atoms with van der Waals surface area (Å²) in [5.41, 5.74) is 4.48. The zero-order valence-electron chi connectivity index (χ0n) is 13.9. The second kappa shape index (κ2) is 6.13. The summed E-state index contributed by atoms with van der Waals surface area (Å²) in [5, 5.41) is 4.13. The van der Waals surface area contributed by atoms with Crippen molar-refractivity contribution in [2.45, 2.75) is 33.4 Å². The van der Waals surface area contributed by atoms with Crippen LogP contribution >= 0.6 is 0 Å². The average molecular weight is 321 g/mol. The summed E-state index contributed by atoms with van der Waals surface area (Å²) >= 11 is 0. The molecule has 0 saturated carbocycles. The fourth-order valence-electron chi connectivity index (χ4n) is 3.01. The number of fused-ring (bicyclic) bond motifs is 1. The van der Waals surface area contributed by atoms with Gasteiger partial charge in [0.05, 0.1) is 12.2 Å². The highest BCUT2D eigenvalue weighted by Gasteiger charge is 2.20. The molecule has 3 heterocycles. The van der Waals surface area contributed by atoms with Crippen LogP contribution in [0.3, 0.4) is 0 Å². The monoisotopic (exact) mass is 321 g/mol. The van der Waals surface area contributed by atoms with E-state index in [1.807, 2.05) is 31.3 Å². The number of benzene rings is 1. The van der Waals surface area contributed by atoms with Crippen LogP contribution < -0.4 is 0 Å². The van der Waals surface area contributed by atoms with Crippen molar-refractivity contribution in [2.24, 2.45) is 0 Å². The molecule has 122 valence electrons. The molecule has 0 aliphatic carbocycles. The maximum absolute atomic E-state index is 5.42. The van der Waals surface area contributed by atoms with Gasteiger partial charge in [-0.2, -0.15) is 4.98 Å². The van der Waals surface area contributed by atoms with Crippen LogP contribution in [0.25, 0.3) is 11.5 Å². The van der Waals surface area contributed by atoms with Gasteiger partial charge in [-0.25, -0.2) is 9.97 Å². The van der Waals surface area contributed by atoms with Gasteiger partial charge < -0.3 is 4.52 Å². The summed E-state index contributed by atoms with van der Waals surface area (Å²) in [4.78, 5) is 15.7. The van der Waals surface area contributed by atoms with Crippen LogP contribution in [0.4, 0.5) is 0 Å². The quantitative estimate of drug-likeness (QED) is 0.739. The van der Waals surface area contributed by atoms with Crippen molar-refractivity contribution < 1.29 is 4.52 Å². The summed E-state index contributed by atoms with van der Waals surface area (Å²) in [6, 6.07) is 8.09. The molecule has 1 aliphatic rings. The Kier molecular flexibility index (Phi) is 3.82. The molecular formula is C18H19N5O. The Morgan fingerprint density at radius 3 is 3.00 bits per heavy atom. The van der Waals surface area contributed by atoms with E-state index in [9.17, 15) is 0 Å². The lowest BCUT2D eigenvalue weighted by atomic mass is 10.1. The lowest BCUT2D eigenvalue weighted by molar-refractivity contribution is 0.231. The lowest BCUT2D eigenvalue weighted by Crippen LogP contribution is -2.31. The van der Waals surface area contributed by atoms with Crippen LogP contribution in [0.1, 0.15) is 28.5 Å². The van der Waals surface area contributed by atoms with Gasteiger partial charge in [-0.05, 0) is 38.0 Å². The van der Waals surface area contributed by atoms with Gasteiger partial charge in [-0.1, -0.05) is 22.9 Å². The van der Waals surface area contributed by atoms with Gasteiger partial charge in [0, 0.05) is 24.8 Å². The molecule has 0 fully saturated rings. The number of hydrogen-bond acceptors (Lipinski definition) is 6. The summed E-state index contributed by atoms with van der Waals surface area (Å²) in [5.74, 6) is 2.10. The van der Waals surface area contributed by atoms with Crippen molar-refractivity contribution in [3.8, 4) is 11.5 Å². The van der Waals surface area contributed by atoms with Crippen molar-refractivity contribution >= 4 is 0 Å². The molecule has 0 unspecified atom stereocenters. The van der Waals surface area contributed by atoms with Crippen molar-refractivity contribution in [1.29, 1.82) is 0 Å². The first-order valence-electron chi connectivity index (χ1n) is 8.11. The maximum atomic E-state index is 5.42. The van der Waals surface area contributed by atoms with Crippen molar-refractivity contribution in [3.05, 3.63) is 58.9 Å². The number of hydrogen-bond donors (Lipinski definition) is 0. The van der Waals surface area contributed by atoms with E-state index < -0.39 is 0 Å². The third kappa shape index (κ3) is 3.05. The molecule has 0 bridgehead atoms. The SMILES string of the molecule is Cc1cccc(-c2nc(CN3CCc4cnc(C)nc4C3)no2)c1. The molecule has 0 N–H and O–H groups in total. The Balaban J connectivity index is 1.49. The molecular weight excluding hydrogens is 302 g/mol. The fourth-order valence-corrected chi connectivity index (χ4v) is 3.01. The summed E-state index contributed by atoms with van der Waals surface area (Å²) < 4.78 is 5.42. The van der Waals surface area contributed by atoms with Gasteiger partial charge in [-0.15, -0.1) is 0 Å². The van der Waals surface area contributed by atoms with Crippen LogP contribution in [-0.2, 0) is 19.5 Å². The number of rotatable bonds is 3. The number of aryl methyl sites for hydroxylation is 2. The second-order valence-corrected chi connectivity index (χ2v) is 6.24.